The fourth-order valence-electron chi connectivity index (χ4n) is 6.16. The normalized spacial score (nSPS) is 14.7. The minimum atomic E-state index is -0.156. The molecule has 2 heterocycles. The number of amides is 2. The Morgan fingerprint density at radius 3 is 2.36 bits per heavy atom. The number of methoxy groups -OCH3 is 1. The van der Waals surface area contributed by atoms with E-state index in [1.807, 2.05) is 90.2 Å². The second-order valence-corrected chi connectivity index (χ2v) is 12.7. The molecule has 1 unspecified atom stereocenters. The quantitative estimate of drug-likeness (QED) is 0.0811. The molecule has 0 radical (unpaired) electrons. The van der Waals surface area contributed by atoms with Crippen molar-refractivity contribution in [2.24, 2.45) is 5.73 Å². The number of nitrogens with two attached hydrogens (primary N) is 1. The third-order valence-corrected chi connectivity index (χ3v) is 9.07. The van der Waals surface area contributed by atoms with Crippen LogP contribution in [-0.4, -0.2) is 58.8 Å². The topological polar surface area (TPSA) is 120 Å². The molecular formula is C41H47N5O4. The summed E-state index contributed by atoms with van der Waals surface area (Å²) >= 11 is 0. The molecule has 3 aromatic carbocycles. The Morgan fingerprint density at radius 2 is 1.68 bits per heavy atom. The maximum Gasteiger partial charge on any atom is 0.250 e. The van der Waals surface area contributed by atoms with Crippen LogP contribution in [0.2, 0.25) is 0 Å². The lowest BCUT2D eigenvalue weighted by atomic mass is 9.96. The number of hydrogen-bond acceptors (Lipinski definition) is 6. The van der Waals surface area contributed by atoms with E-state index in [-0.39, 0.29) is 23.6 Å². The third kappa shape index (κ3) is 9.24. The number of imidazole rings is 1. The number of unbranched alkanes of at least 4 members (excludes halogenated alkanes) is 3. The molecule has 1 aliphatic heterocycles. The summed E-state index contributed by atoms with van der Waals surface area (Å²) < 4.78 is 7.59. The van der Waals surface area contributed by atoms with Crippen LogP contribution in [0.15, 0.2) is 90.9 Å². The first-order valence-corrected chi connectivity index (χ1v) is 17.4. The number of likely N-dealkylation sites (tertiary alicyclic amines) is 1. The smallest absolute Gasteiger partial charge is 0.250 e. The summed E-state index contributed by atoms with van der Waals surface area (Å²) in [5.74, 6) is 0.496. The molecule has 3 N–H and O–H groups in total. The van der Waals surface area contributed by atoms with E-state index in [4.69, 9.17) is 10.5 Å². The van der Waals surface area contributed by atoms with Crippen molar-refractivity contribution in [3.8, 4) is 11.4 Å². The molecule has 5 rings (SSSR count). The van der Waals surface area contributed by atoms with E-state index in [9.17, 15) is 14.4 Å². The highest BCUT2D eigenvalue weighted by atomic mass is 16.5. The predicted molar refractivity (Wildman–Crippen MR) is 198 cm³/mol. The molecule has 1 fully saturated rings. The van der Waals surface area contributed by atoms with Gasteiger partial charge in [0.2, 0.25) is 11.8 Å². The van der Waals surface area contributed by atoms with Crippen molar-refractivity contribution in [3.63, 3.8) is 0 Å². The van der Waals surface area contributed by atoms with Crippen molar-refractivity contribution >= 4 is 29.7 Å². The second-order valence-electron chi connectivity index (χ2n) is 12.7. The van der Waals surface area contributed by atoms with Crippen molar-refractivity contribution in [2.45, 2.75) is 58.4 Å². The van der Waals surface area contributed by atoms with Crippen LogP contribution in [0.4, 0.5) is 0 Å². The first-order chi connectivity index (χ1) is 24.3. The summed E-state index contributed by atoms with van der Waals surface area (Å²) in [7, 11) is 1.64. The van der Waals surface area contributed by atoms with Crippen LogP contribution in [0.1, 0.15) is 89.8 Å². The van der Waals surface area contributed by atoms with Crippen LogP contribution in [0.25, 0.3) is 17.8 Å². The van der Waals surface area contributed by atoms with Gasteiger partial charge in [-0.15, -0.1) is 0 Å². The van der Waals surface area contributed by atoms with E-state index in [1.165, 1.54) is 6.08 Å². The van der Waals surface area contributed by atoms with Crippen LogP contribution in [0.5, 0.6) is 5.75 Å². The van der Waals surface area contributed by atoms with E-state index in [0.717, 1.165) is 65.7 Å². The van der Waals surface area contributed by atoms with Gasteiger partial charge in [0, 0.05) is 42.1 Å². The summed E-state index contributed by atoms with van der Waals surface area (Å²) in [5, 5.41) is 2.90. The van der Waals surface area contributed by atoms with Crippen LogP contribution in [0.3, 0.4) is 0 Å². The summed E-state index contributed by atoms with van der Waals surface area (Å²) in [6, 6.07) is 20.5. The average Bonchev–Trinajstić information content (AvgIpc) is 3.58. The Labute approximate surface area is 294 Å². The van der Waals surface area contributed by atoms with E-state index in [0.29, 0.717) is 42.9 Å². The lowest BCUT2D eigenvalue weighted by Gasteiger charge is -2.34. The van der Waals surface area contributed by atoms with Gasteiger partial charge in [0.05, 0.1) is 30.9 Å². The third-order valence-electron chi connectivity index (χ3n) is 9.07. The largest absolute Gasteiger partial charge is 0.495 e. The van der Waals surface area contributed by atoms with Crippen LogP contribution in [-0.2, 0) is 9.59 Å². The first kappa shape index (κ1) is 36.0. The average molecular weight is 674 g/mol. The van der Waals surface area contributed by atoms with Gasteiger partial charge in [-0.25, -0.2) is 4.98 Å². The zero-order chi connectivity index (χ0) is 35.5. The first-order valence-electron chi connectivity index (χ1n) is 17.4. The highest BCUT2D eigenvalue weighted by Gasteiger charge is 2.28. The number of nitrogens with one attached hydrogen (secondary N) is 1. The molecule has 0 spiro atoms. The predicted octanol–water partition coefficient (Wildman–Crippen LogP) is 6.84. The van der Waals surface area contributed by atoms with Crippen LogP contribution >= 0.6 is 0 Å². The van der Waals surface area contributed by atoms with Gasteiger partial charge in [0.25, 0.3) is 0 Å². The molecule has 4 aromatic rings. The summed E-state index contributed by atoms with van der Waals surface area (Å²) in [6.45, 7) is 5.98. The van der Waals surface area contributed by atoms with Gasteiger partial charge in [-0.1, -0.05) is 67.4 Å². The maximum absolute atomic E-state index is 13.7. The zero-order valence-corrected chi connectivity index (χ0v) is 29.2. The Hall–Kier alpha value is -5.28. The van der Waals surface area contributed by atoms with Gasteiger partial charge in [-0.3, -0.25) is 14.4 Å². The standard InChI is InChI=1S/C41H47N5O4/c1-29-27-45(28-44-29)37-20-12-32(26-38(37)50-3)25-36-9-8-24-46(41(36)49)30(2)33-16-18-35(19-17-33)40(48)34-14-10-31(11-15-34)13-21-39(47)43-23-7-5-4-6-22-42/h10-21,25-28,30H,4-9,22-24,42H2,1-3H3,(H,43,47)/b21-13+,36-25+. The van der Waals surface area contributed by atoms with Gasteiger partial charge in [0.15, 0.2) is 5.78 Å². The Kier molecular flexibility index (Phi) is 12.5. The number of nitrogens with zero attached hydrogens (tertiary/aromatic N) is 3. The Bertz CT molecular complexity index is 1840. The highest BCUT2D eigenvalue weighted by Crippen LogP contribution is 2.31. The van der Waals surface area contributed by atoms with Gasteiger partial charge < -0.3 is 25.3 Å². The van der Waals surface area contributed by atoms with Crippen molar-refractivity contribution in [3.05, 3.63) is 124 Å². The molecule has 1 atom stereocenters. The number of ketones is 1. The number of rotatable bonds is 15. The van der Waals surface area contributed by atoms with Crippen molar-refractivity contribution in [1.82, 2.24) is 19.8 Å². The highest BCUT2D eigenvalue weighted by molar-refractivity contribution is 6.09. The molecule has 260 valence electrons. The Balaban J connectivity index is 1.18. The zero-order valence-electron chi connectivity index (χ0n) is 29.2. The maximum atomic E-state index is 13.7. The summed E-state index contributed by atoms with van der Waals surface area (Å²) in [6.07, 6.45) is 14.6. The SMILES string of the molecule is COc1cc(/C=C2\CCCN(C(C)c3ccc(C(=O)c4ccc(/C=C/C(=O)NCCCCCCN)cc4)cc3)C2=O)ccc1-n1cnc(C)c1. The van der Waals surface area contributed by atoms with E-state index in [1.54, 1.807) is 31.6 Å². The second kappa shape index (κ2) is 17.4. The van der Waals surface area contributed by atoms with Crippen molar-refractivity contribution in [1.29, 1.82) is 0 Å². The fraction of sp³-hybridized carbons (Fsp3) is 0.317. The van der Waals surface area contributed by atoms with Gasteiger partial charge in [-0.2, -0.15) is 0 Å². The van der Waals surface area contributed by atoms with E-state index < -0.39 is 0 Å². The van der Waals surface area contributed by atoms with Crippen LogP contribution < -0.4 is 15.8 Å². The number of carbonyl (C=O) groups excluding carboxylic acids is 3. The summed E-state index contributed by atoms with van der Waals surface area (Å²) in [5.41, 5.74) is 11.9. The Morgan fingerprint density at radius 1 is 0.980 bits per heavy atom. The molecule has 1 saturated heterocycles. The number of aromatic nitrogens is 2. The van der Waals surface area contributed by atoms with Crippen molar-refractivity contribution < 1.29 is 19.1 Å². The molecule has 0 bridgehead atoms. The van der Waals surface area contributed by atoms with Gasteiger partial charge in [0.1, 0.15) is 5.75 Å². The minimum Gasteiger partial charge on any atom is -0.495 e. The number of carbonyl (C=O) groups is 3. The van der Waals surface area contributed by atoms with Crippen molar-refractivity contribution in [2.75, 3.05) is 26.7 Å². The molecule has 0 aliphatic carbocycles. The molecule has 2 amide bonds. The van der Waals surface area contributed by atoms with E-state index >= 15 is 0 Å². The lowest BCUT2D eigenvalue weighted by Crippen LogP contribution is -2.38. The molecule has 50 heavy (non-hydrogen) atoms. The number of benzene rings is 3. The molecular weight excluding hydrogens is 626 g/mol. The minimum absolute atomic E-state index is 0.0159. The van der Waals surface area contributed by atoms with E-state index in [2.05, 4.69) is 10.3 Å². The van der Waals surface area contributed by atoms with Crippen LogP contribution in [0, 0.1) is 6.92 Å². The number of hydrogen-bond donors (Lipinski definition) is 2. The van der Waals surface area contributed by atoms with Gasteiger partial charge >= 0.3 is 0 Å². The molecule has 1 aromatic heterocycles. The fourth-order valence-corrected chi connectivity index (χ4v) is 6.16. The summed E-state index contributed by atoms with van der Waals surface area (Å²) in [4.78, 5) is 45.3. The molecule has 9 heteroatoms. The number of ether oxygens (including phenoxy) is 1. The van der Waals surface area contributed by atoms with Gasteiger partial charge in [-0.05, 0) is 87.1 Å². The molecule has 0 saturated carbocycles. The molecule has 9 nitrogen and oxygen atoms in total. The number of piperidine rings is 1. The number of aryl methyl sites for hydroxylation is 1. The monoisotopic (exact) mass is 673 g/mol. The lowest BCUT2D eigenvalue weighted by molar-refractivity contribution is -0.130. The molecule has 1 aliphatic rings.